The van der Waals surface area contributed by atoms with E-state index in [1.807, 2.05) is 6.92 Å². The number of furan rings is 1. The molecule has 0 aliphatic heterocycles. The third kappa shape index (κ3) is 3.55. The van der Waals surface area contributed by atoms with Gasteiger partial charge in [0.1, 0.15) is 22.2 Å². The van der Waals surface area contributed by atoms with Crippen LogP contribution in [0.15, 0.2) is 56.9 Å². The molecule has 0 aliphatic carbocycles. The van der Waals surface area contributed by atoms with Gasteiger partial charge < -0.3 is 19.0 Å². The highest BCUT2D eigenvalue weighted by Crippen LogP contribution is 2.36. The van der Waals surface area contributed by atoms with Gasteiger partial charge in [-0.05, 0) is 55.8 Å². The molecule has 7 nitrogen and oxygen atoms in total. The number of hydrogen-bond acceptors (Lipinski definition) is 5. The van der Waals surface area contributed by atoms with Gasteiger partial charge in [0, 0.05) is 12.6 Å². The molecule has 0 fully saturated rings. The molecule has 2 aromatic heterocycles. The lowest BCUT2D eigenvalue weighted by atomic mass is 10.3. The molecule has 3 rings (SSSR count). The molecule has 0 saturated heterocycles. The Morgan fingerprint density at radius 1 is 1.18 bits per heavy atom. The fourth-order valence-corrected chi connectivity index (χ4v) is 4.78. The van der Waals surface area contributed by atoms with Crippen LogP contribution in [-0.4, -0.2) is 26.0 Å². The van der Waals surface area contributed by atoms with E-state index in [-0.39, 0.29) is 21.5 Å². The molecule has 1 aromatic carbocycles. The average Bonchev–Trinajstić information content (AvgIpc) is 3.24. The molecule has 0 bridgehead atoms. The molecule has 0 aliphatic rings. The number of hydrogen-bond donors (Lipinski definition) is 1. The van der Waals surface area contributed by atoms with Crippen LogP contribution in [0.5, 0.6) is 5.75 Å². The van der Waals surface area contributed by atoms with Gasteiger partial charge in [-0.1, -0.05) is 0 Å². The van der Waals surface area contributed by atoms with E-state index in [1.165, 1.54) is 26.2 Å². The first kappa shape index (κ1) is 19.8. The molecule has 0 radical (unpaired) electrons. The van der Waals surface area contributed by atoms with Crippen LogP contribution >= 0.6 is 0 Å². The Kier molecular flexibility index (Phi) is 5.33. The molecule has 28 heavy (non-hydrogen) atoms. The lowest BCUT2D eigenvalue weighted by Crippen LogP contribution is -2.15. The summed E-state index contributed by atoms with van der Waals surface area (Å²) in [6.07, 6.45) is 1.55. The fourth-order valence-electron chi connectivity index (χ4n) is 3.08. The Balaban J connectivity index is 2.19. The normalized spacial score (nSPS) is 11.4. The molecular weight excluding hydrogens is 380 g/mol. The third-order valence-electron chi connectivity index (χ3n) is 4.60. The minimum Gasteiger partial charge on any atom is -0.497 e. The van der Waals surface area contributed by atoms with Crippen molar-refractivity contribution < 1.29 is 22.4 Å². The van der Waals surface area contributed by atoms with Crippen LogP contribution in [-0.2, 0) is 21.2 Å². The standard InChI is InChI=1S/C20H22N2O5S/c1-13-14(2)22(12-17-6-5-11-27-17)20(21-15(3)23)19(13)28(24,25)18-9-7-16(26-4)8-10-18/h5-11H,12H2,1-4H3,(H,21,23). The predicted octanol–water partition coefficient (Wildman–Crippen LogP) is 3.55. The molecule has 2 heterocycles. The number of ether oxygens (including phenoxy) is 1. The molecule has 3 aromatic rings. The largest absolute Gasteiger partial charge is 0.497 e. The fraction of sp³-hybridized carbons (Fsp3) is 0.250. The number of anilines is 1. The average molecular weight is 402 g/mol. The highest BCUT2D eigenvalue weighted by atomic mass is 32.2. The van der Waals surface area contributed by atoms with Crippen molar-refractivity contribution in [1.29, 1.82) is 0 Å². The maximum atomic E-state index is 13.4. The van der Waals surface area contributed by atoms with Gasteiger partial charge >= 0.3 is 0 Å². The highest BCUT2D eigenvalue weighted by Gasteiger charge is 2.30. The van der Waals surface area contributed by atoms with Gasteiger partial charge in [-0.3, -0.25) is 4.79 Å². The minimum atomic E-state index is -3.87. The Labute approximate surface area is 163 Å². The van der Waals surface area contributed by atoms with Crippen molar-refractivity contribution >= 4 is 21.6 Å². The minimum absolute atomic E-state index is 0.0805. The molecule has 1 N–H and O–H groups in total. The van der Waals surface area contributed by atoms with Gasteiger partial charge in [-0.15, -0.1) is 0 Å². The summed E-state index contributed by atoms with van der Waals surface area (Å²) in [5.74, 6) is 1.08. The molecule has 0 saturated carbocycles. The topological polar surface area (TPSA) is 90.5 Å². The number of sulfone groups is 1. The van der Waals surface area contributed by atoms with Gasteiger partial charge in [0.05, 0.1) is 24.8 Å². The van der Waals surface area contributed by atoms with E-state index < -0.39 is 9.84 Å². The number of rotatable bonds is 6. The highest BCUT2D eigenvalue weighted by molar-refractivity contribution is 7.91. The Morgan fingerprint density at radius 3 is 2.39 bits per heavy atom. The van der Waals surface area contributed by atoms with Crippen molar-refractivity contribution in [3.05, 3.63) is 59.7 Å². The Bertz CT molecular complexity index is 1090. The number of carbonyl (C=O) groups is 1. The van der Waals surface area contributed by atoms with E-state index in [4.69, 9.17) is 9.15 Å². The van der Waals surface area contributed by atoms with Gasteiger partial charge in [0.15, 0.2) is 0 Å². The van der Waals surface area contributed by atoms with Gasteiger partial charge in [-0.2, -0.15) is 0 Å². The lowest BCUT2D eigenvalue weighted by Gasteiger charge is -2.13. The summed E-state index contributed by atoms with van der Waals surface area (Å²) >= 11 is 0. The van der Waals surface area contributed by atoms with Crippen LogP contribution in [0.1, 0.15) is 23.9 Å². The Morgan fingerprint density at radius 2 is 1.86 bits per heavy atom. The van der Waals surface area contributed by atoms with E-state index in [1.54, 1.807) is 42.0 Å². The SMILES string of the molecule is COc1ccc(S(=O)(=O)c2c(C)c(C)n(Cc3ccco3)c2NC(C)=O)cc1. The molecule has 0 spiro atoms. The van der Waals surface area contributed by atoms with Crippen molar-refractivity contribution in [3.8, 4) is 5.75 Å². The molecule has 0 unspecified atom stereocenters. The van der Waals surface area contributed by atoms with Crippen LogP contribution in [0, 0.1) is 13.8 Å². The predicted molar refractivity (Wildman–Crippen MR) is 104 cm³/mol. The summed E-state index contributed by atoms with van der Waals surface area (Å²) in [4.78, 5) is 12.0. The summed E-state index contributed by atoms with van der Waals surface area (Å²) in [6.45, 7) is 5.19. The van der Waals surface area contributed by atoms with Crippen molar-refractivity contribution in [2.24, 2.45) is 0 Å². The molecule has 8 heteroatoms. The van der Waals surface area contributed by atoms with Gasteiger partial charge in [0.2, 0.25) is 15.7 Å². The van der Waals surface area contributed by atoms with E-state index in [2.05, 4.69) is 5.32 Å². The number of nitrogens with one attached hydrogen (secondary N) is 1. The quantitative estimate of drug-likeness (QED) is 0.681. The zero-order valence-corrected chi connectivity index (χ0v) is 17.0. The van der Waals surface area contributed by atoms with Crippen molar-refractivity contribution in [2.75, 3.05) is 12.4 Å². The summed E-state index contributed by atoms with van der Waals surface area (Å²) in [6, 6.07) is 9.72. The zero-order valence-electron chi connectivity index (χ0n) is 16.1. The zero-order chi connectivity index (χ0) is 20.5. The van der Waals surface area contributed by atoms with Crippen molar-refractivity contribution in [2.45, 2.75) is 37.1 Å². The van der Waals surface area contributed by atoms with Crippen LogP contribution in [0.25, 0.3) is 0 Å². The van der Waals surface area contributed by atoms with Crippen LogP contribution in [0.4, 0.5) is 5.82 Å². The number of amides is 1. The smallest absolute Gasteiger partial charge is 0.222 e. The second-order valence-electron chi connectivity index (χ2n) is 6.41. The van der Waals surface area contributed by atoms with E-state index in [0.29, 0.717) is 23.6 Å². The summed E-state index contributed by atoms with van der Waals surface area (Å²) in [5, 5.41) is 2.69. The maximum Gasteiger partial charge on any atom is 0.222 e. The lowest BCUT2D eigenvalue weighted by molar-refractivity contribution is -0.114. The summed E-state index contributed by atoms with van der Waals surface area (Å²) < 4.78 is 39.0. The Hall–Kier alpha value is -3.00. The molecule has 0 atom stereocenters. The van der Waals surface area contributed by atoms with E-state index >= 15 is 0 Å². The number of aromatic nitrogens is 1. The number of methoxy groups -OCH3 is 1. The van der Waals surface area contributed by atoms with Crippen LogP contribution < -0.4 is 10.1 Å². The monoisotopic (exact) mass is 402 g/mol. The summed E-state index contributed by atoms with van der Waals surface area (Å²) in [5.41, 5.74) is 1.30. The van der Waals surface area contributed by atoms with E-state index in [9.17, 15) is 13.2 Å². The second kappa shape index (κ2) is 7.55. The first-order valence-corrected chi connectivity index (χ1v) is 10.1. The van der Waals surface area contributed by atoms with Crippen molar-refractivity contribution in [3.63, 3.8) is 0 Å². The van der Waals surface area contributed by atoms with Crippen LogP contribution in [0.3, 0.4) is 0 Å². The first-order chi connectivity index (χ1) is 13.3. The number of nitrogens with zero attached hydrogens (tertiary/aromatic N) is 1. The van der Waals surface area contributed by atoms with Gasteiger partial charge in [0.25, 0.3) is 0 Å². The summed E-state index contributed by atoms with van der Waals surface area (Å²) in [7, 11) is -2.36. The van der Waals surface area contributed by atoms with Crippen molar-refractivity contribution in [1.82, 2.24) is 4.57 Å². The maximum absolute atomic E-state index is 13.4. The molecular formula is C20H22N2O5S. The van der Waals surface area contributed by atoms with E-state index in [0.717, 1.165) is 5.69 Å². The molecule has 1 amide bonds. The van der Waals surface area contributed by atoms with Gasteiger partial charge in [-0.25, -0.2) is 8.42 Å². The number of carbonyl (C=O) groups excluding carboxylic acids is 1. The molecule has 148 valence electrons. The first-order valence-electron chi connectivity index (χ1n) is 8.64. The third-order valence-corrected chi connectivity index (χ3v) is 6.53. The van der Waals surface area contributed by atoms with Crippen LogP contribution in [0.2, 0.25) is 0 Å². The second-order valence-corrected chi connectivity index (χ2v) is 8.30. The number of benzene rings is 1.